The third-order valence-electron chi connectivity index (χ3n) is 3.54. The Morgan fingerprint density at radius 1 is 1.13 bits per heavy atom. The lowest BCUT2D eigenvalue weighted by molar-refractivity contribution is -0.388. The first-order chi connectivity index (χ1) is 14.6. The number of nitro groups is 1. The average Bonchev–Trinajstić information content (AvgIpc) is 2.74. The monoisotopic (exact) mass is 454 g/mol. The van der Waals surface area contributed by atoms with E-state index in [1.165, 1.54) is 24.3 Å². The highest BCUT2D eigenvalue weighted by Gasteiger charge is 2.33. The van der Waals surface area contributed by atoms with Crippen molar-refractivity contribution in [3.05, 3.63) is 63.7 Å². The van der Waals surface area contributed by atoms with Gasteiger partial charge in [0.15, 0.2) is 6.61 Å². The Morgan fingerprint density at radius 2 is 1.77 bits per heavy atom. The van der Waals surface area contributed by atoms with E-state index in [4.69, 9.17) is 10.00 Å². The number of carbonyl (C=O) groups excluding carboxylic acids is 2. The SMILES string of the molecule is N#Cc1ccc(OCC(=O)NNC(=O)CSc2ccc(C(F)(F)F)cc2[N+](=O)[O-])cc1. The fourth-order valence-electron chi connectivity index (χ4n) is 2.09. The minimum absolute atomic E-state index is 0.136. The summed E-state index contributed by atoms with van der Waals surface area (Å²) in [6.45, 7) is -0.441. The number of amides is 2. The number of rotatable bonds is 7. The van der Waals surface area contributed by atoms with Crippen molar-refractivity contribution in [1.82, 2.24) is 10.9 Å². The Labute approximate surface area is 177 Å². The van der Waals surface area contributed by atoms with Crippen molar-refractivity contribution in [2.45, 2.75) is 11.1 Å². The maximum Gasteiger partial charge on any atom is 0.416 e. The molecule has 9 nitrogen and oxygen atoms in total. The van der Waals surface area contributed by atoms with Crippen LogP contribution in [0.3, 0.4) is 0 Å². The van der Waals surface area contributed by atoms with E-state index in [2.05, 4.69) is 10.9 Å². The molecule has 2 rings (SSSR count). The first-order valence-corrected chi connectivity index (χ1v) is 9.28. The van der Waals surface area contributed by atoms with Crippen LogP contribution in [0.15, 0.2) is 47.4 Å². The van der Waals surface area contributed by atoms with Crippen LogP contribution in [0.1, 0.15) is 11.1 Å². The number of halogens is 3. The second-order valence-corrected chi connectivity index (χ2v) is 6.76. The zero-order valence-electron chi connectivity index (χ0n) is 15.4. The predicted molar refractivity (Wildman–Crippen MR) is 102 cm³/mol. The molecule has 0 fully saturated rings. The van der Waals surface area contributed by atoms with E-state index in [9.17, 15) is 32.9 Å². The number of alkyl halides is 3. The van der Waals surface area contributed by atoms with Gasteiger partial charge in [-0.25, -0.2) is 0 Å². The minimum atomic E-state index is -4.74. The first-order valence-electron chi connectivity index (χ1n) is 8.29. The van der Waals surface area contributed by atoms with E-state index in [-0.39, 0.29) is 4.90 Å². The zero-order chi connectivity index (χ0) is 23.0. The first kappa shape index (κ1) is 23.5. The molecule has 0 bridgehead atoms. The quantitative estimate of drug-likeness (QED) is 0.373. The maximum absolute atomic E-state index is 12.7. The van der Waals surface area contributed by atoms with Crippen molar-refractivity contribution in [2.75, 3.05) is 12.4 Å². The molecule has 0 heterocycles. The van der Waals surface area contributed by atoms with Crippen molar-refractivity contribution in [3.8, 4) is 11.8 Å². The van der Waals surface area contributed by atoms with Crippen LogP contribution in [0.25, 0.3) is 0 Å². The molecule has 0 aliphatic carbocycles. The number of nitro benzene ring substituents is 1. The minimum Gasteiger partial charge on any atom is -0.484 e. The van der Waals surface area contributed by atoms with Crippen LogP contribution in [-0.4, -0.2) is 29.1 Å². The van der Waals surface area contributed by atoms with Gasteiger partial charge in [0.1, 0.15) is 5.75 Å². The molecule has 2 amide bonds. The molecule has 13 heteroatoms. The largest absolute Gasteiger partial charge is 0.484 e. The highest BCUT2D eigenvalue weighted by molar-refractivity contribution is 8.00. The second-order valence-electron chi connectivity index (χ2n) is 5.75. The fourth-order valence-corrected chi connectivity index (χ4v) is 2.89. The van der Waals surface area contributed by atoms with E-state index in [1.54, 1.807) is 0 Å². The Hall–Kier alpha value is -3.79. The Kier molecular flexibility index (Phi) is 7.81. The summed E-state index contributed by atoms with van der Waals surface area (Å²) in [5, 5.41) is 19.7. The van der Waals surface area contributed by atoms with Crippen LogP contribution < -0.4 is 15.6 Å². The summed E-state index contributed by atoms with van der Waals surface area (Å²) in [6.07, 6.45) is -4.74. The second kappa shape index (κ2) is 10.3. The van der Waals surface area contributed by atoms with Crippen LogP contribution >= 0.6 is 11.8 Å². The predicted octanol–water partition coefficient (Wildman–Crippen LogP) is 2.80. The number of nitrogens with zero attached hydrogens (tertiary/aromatic N) is 2. The van der Waals surface area contributed by atoms with Gasteiger partial charge in [-0.15, -0.1) is 11.8 Å². The molecule has 0 saturated heterocycles. The number of nitrogens with one attached hydrogen (secondary N) is 2. The van der Waals surface area contributed by atoms with Gasteiger partial charge in [-0.1, -0.05) is 0 Å². The number of hydrogen-bond acceptors (Lipinski definition) is 7. The zero-order valence-corrected chi connectivity index (χ0v) is 16.2. The topological polar surface area (TPSA) is 134 Å². The van der Waals surface area contributed by atoms with Gasteiger partial charge in [-0.05, 0) is 36.4 Å². The normalized spacial score (nSPS) is 10.6. The van der Waals surface area contributed by atoms with Crippen LogP contribution in [0.2, 0.25) is 0 Å². The molecular formula is C18H13F3N4O5S. The van der Waals surface area contributed by atoms with Crippen molar-refractivity contribution in [3.63, 3.8) is 0 Å². The summed E-state index contributed by atoms with van der Waals surface area (Å²) in [6, 6.07) is 9.85. The number of benzene rings is 2. The number of ether oxygens (including phenoxy) is 1. The van der Waals surface area contributed by atoms with Gasteiger partial charge in [0.25, 0.3) is 11.6 Å². The molecule has 31 heavy (non-hydrogen) atoms. The van der Waals surface area contributed by atoms with Crippen LogP contribution in [0.4, 0.5) is 18.9 Å². The van der Waals surface area contributed by atoms with Gasteiger partial charge in [0, 0.05) is 6.07 Å². The molecule has 0 aliphatic rings. The van der Waals surface area contributed by atoms with Crippen LogP contribution in [-0.2, 0) is 15.8 Å². The summed E-state index contributed by atoms with van der Waals surface area (Å²) < 4.78 is 43.3. The van der Waals surface area contributed by atoms with Gasteiger partial charge in [0.2, 0.25) is 5.91 Å². The summed E-state index contributed by atoms with van der Waals surface area (Å²) in [5.74, 6) is -1.53. The molecule has 2 aromatic carbocycles. The molecule has 0 aliphatic heterocycles. The van der Waals surface area contributed by atoms with Gasteiger partial charge in [-0.3, -0.25) is 30.6 Å². The smallest absolute Gasteiger partial charge is 0.416 e. The molecule has 2 N–H and O–H groups in total. The number of hydrazine groups is 1. The summed E-state index contributed by atoms with van der Waals surface area (Å²) >= 11 is 0.638. The molecule has 0 unspecified atom stereocenters. The maximum atomic E-state index is 12.7. The van der Waals surface area contributed by atoms with E-state index >= 15 is 0 Å². The summed E-state index contributed by atoms with van der Waals surface area (Å²) in [4.78, 5) is 33.4. The van der Waals surface area contributed by atoms with Crippen molar-refractivity contribution in [1.29, 1.82) is 5.26 Å². The third-order valence-corrected chi connectivity index (χ3v) is 4.60. The van der Waals surface area contributed by atoms with Crippen molar-refractivity contribution < 1.29 is 32.4 Å². The molecule has 162 valence electrons. The molecule has 0 radical (unpaired) electrons. The van der Waals surface area contributed by atoms with Crippen LogP contribution in [0, 0.1) is 21.4 Å². The van der Waals surface area contributed by atoms with E-state index in [0.717, 1.165) is 6.07 Å². The van der Waals surface area contributed by atoms with Crippen molar-refractivity contribution >= 4 is 29.3 Å². The molecular weight excluding hydrogens is 441 g/mol. The average molecular weight is 454 g/mol. The van der Waals surface area contributed by atoms with Gasteiger partial charge < -0.3 is 4.74 Å². The Balaban J connectivity index is 1.83. The molecule has 2 aromatic rings. The van der Waals surface area contributed by atoms with Gasteiger partial charge in [-0.2, -0.15) is 18.4 Å². The lowest BCUT2D eigenvalue weighted by Crippen LogP contribution is -2.44. The number of hydrogen-bond donors (Lipinski definition) is 2. The lowest BCUT2D eigenvalue weighted by atomic mass is 10.2. The van der Waals surface area contributed by atoms with E-state index in [0.29, 0.717) is 35.2 Å². The summed E-state index contributed by atoms with van der Waals surface area (Å²) in [5.41, 5.74) is 2.57. The molecule has 0 aromatic heterocycles. The highest BCUT2D eigenvalue weighted by atomic mass is 32.2. The summed E-state index contributed by atoms with van der Waals surface area (Å²) in [7, 11) is 0. The number of carbonyl (C=O) groups is 2. The van der Waals surface area contributed by atoms with E-state index < -0.39 is 46.5 Å². The Morgan fingerprint density at radius 3 is 2.35 bits per heavy atom. The molecule has 0 spiro atoms. The van der Waals surface area contributed by atoms with Gasteiger partial charge in [0.05, 0.1) is 32.8 Å². The van der Waals surface area contributed by atoms with Gasteiger partial charge >= 0.3 is 6.18 Å². The number of nitriles is 1. The highest BCUT2D eigenvalue weighted by Crippen LogP contribution is 2.36. The lowest BCUT2D eigenvalue weighted by Gasteiger charge is -2.10. The standard InChI is InChI=1S/C18H13F3N4O5S/c19-18(20,21)12-3-6-15(14(7-12)25(28)29)31-10-17(27)24-23-16(26)9-30-13-4-1-11(8-22)2-5-13/h1-7H,9-10H2,(H,23,26)(H,24,27). The van der Waals surface area contributed by atoms with Crippen LogP contribution in [0.5, 0.6) is 5.75 Å². The third kappa shape index (κ3) is 7.19. The Bertz CT molecular complexity index is 1020. The molecule has 0 atom stereocenters. The fraction of sp³-hybridized carbons (Fsp3) is 0.167. The number of thioether (sulfide) groups is 1. The van der Waals surface area contributed by atoms with Crippen molar-refractivity contribution in [2.24, 2.45) is 0 Å². The molecule has 0 saturated carbocycles. The van der Waals surface area contributed by atoms with E-state index in [1.807, 2.05) is 6.07 Å².